The van der Waals surface area contributed by atoms with E-state index in [2.05, 4.69) is 22.2 Å². The average molecular weight is 259 g/mol. The van der Waals surface area contributed by atoms with E-state index in [4.69, 9.17) is 9.47 Å². The summed E-state index contributed by atoms with van der Waals surface area (Å²) in [6, 6.07) is 7.60. The van der Waals surface area contributed by atoms with Crippen molar-refractivity contribution in [1.82, 2.24) is 9.97 Å². The monoisotopic (exact) mass is 259 g/mol. The van der Waals surface area contributed by atoms with E-state index in [-0.39, 0.29) is 0 Å². The molecule has 2 aromatic rings. The molecule has 0 saturated heterocycles. The summed E-state index contributed by atoms with van der Waals surface area (Å²) in [7, 11) is 3.42. The topological polar surface area (TPSA) is 56.3 Å². The van der Waals surface area contributed by atoms with Gasteiger partial charge in [0.05, 0.1) is 7.11 Å². The summed E-state index contributed by atoms with van der Waals surface area (Å²) in [5, 5.41) is 2.94. The van der Waals surface area contributed by atoms with Gasteiger partial charge >= 0.3 is 0 Å². The maximum Gasteiger partial charge on any atom is 0.224 e. The van der Waals surface area contributed by atoms with Crippen LogP contribution in [0.25, 0.3) is 0 Å². The minimum atomic E-state index is 0.474. The minimum Gasteiger partial charge on any atom is -0.493 e. The van der Waals surface area contributed by atoms with Gasteiger partial charge in [-0.2, -0.15) is 0 Å². The van der Waals surface area contributed by atoms with Crippen molar-refractivity contribution < 1.29 is 9.47 Å². The lowest BCUT2D eigenvalue weighted by Crippen LogP contribution is -1.96. The van der Waals surface area contributed by atoms with Gasteiger partial charge in [0.15, 0.2) is 11.5 Å². The summed E-state index contributed by atoms with van der Waals surface area (Å²) in [6.45, 7) is 2.10. The van der Waals surface area contributed by atoms with E-state index >= 15 is 0 Å². The van der Waals surface area contributed by atoms with E-state index in [1.165, 1.54) is 11.9 Å². The largest absolute Gasteiger partial charge is 0.493 e. The van der Waals surface area contributed by atoms with Crippen LogP contribution in [-0.2, 0) is 6.42 Å². The van der Waals surface area contributed by atoms with Crippen LogP contribution in [-0.4, -0.2) is 24.1 Å². The number of rotatable bonds is 5. The molecule has 0 aliphatic rings. The second kappa shape index (κ2) is 6.04. The molecule has 5 heteroatoms. The van der Waals surface area contributed by atoms with Gasteiger partial charge in [0.1, 0.15) is 12.1 Å². The predicted molar refractivity (Wildman–Crippen MR) is 74.0 cm³/mol. The van der Waals surface area contributed by atoms with Crippen molar-refractivity contribution >= 4 is 5.82 Å². The number of nitrogens with one attached hydrogen (secondary N) is 1. The standard InChI is InChI=1S/C14H17N3O2/c1-4-10-5-6-11(12(7-10)18-3)19-14-8-13(15-2)16-9-17-14/h5-9H,4H2,1-3H3,(H,15,16,17). The molecule has 0 unspecified atom stereocenters. The van der Waals surface area contributed by atoms with Crippen LogP contribution < -0.4 is 14.8 Å². The fraction of sp³-hybridized carbons (Fsp3) is 0.286. The lowest BCUT2D eigenvalue weighted by molar-refractivity contribution is 0.373. The second-order valence-electron chi connectivity index (χ2n) is 3.93. The number of nitrogens with zero attached hydrogens (tertiary/aromatic N) is 2. The Morgan fingerprint density at radius 3 is 2.68 bits per heavy atom. The molecule has 0 bridgehead atoms. The van der Waals surface area contributed by atoms with Gasteiger partial charge in [-0.05, 0) is 24.1 Å². The molecule has 0 radical (unpaired) electrons. The number of aryl methyl sites for hydroxylation is 1. The highest BCUT2D eigenvalue weighted by Gasteiger charge is 2.08. The molecular formula is C14H17N3O2. The van der Waals surface area contributed by atoms with Gasteiger partial charge in [-0.15, -0.1) is 0 Å². The van der Waals surface area contributed by atoms with Gasteiger partial charge in [0.25, 0.3) is 0 Å². The zero-order chi connectivity index (χ0) is 13.7. The van der Waals surface area contributed by atoms with E-state index in [1.54, 1.807) is 20.2 Å². The van der Waals surface area contributed by atoms with Crippen LogP contribution in [0.1, 0.15) is 12.5 Å². The molecule has 100 valence electrons. The summed E-state index contributed by atoms with van der Waals surface area (Å²) < 4.78 is 11.1. The van der Waals surface area contributed by atoms with Crippen molar-refractivity contribution in [3.05, 3.63) is 36.2 Å². The van der Waals surface area contributed by atoms with Crippen molar-refractivity contribution in [2.75, 3.05) is 19.5 Å². The van der Waals surface area contributed by atoms with Crippen molar-refractivity contribution in [3.8, 4) is 17.4 Å². The highest BCUT2D eigenvalue weighted by atomic mass is 16.5. The zero-order valence-corrected chi connectivity index (χ0v) is 11.3. The molecule has 19 heavy (non-hydrogen) atoms. The predicted octanol–water partition coefficient (Wildman–Crippen LogP) is 2.88. The number of methoxy groups -OCH3 is 1. The Hall–Kier alpha value is -2.30. The molecule has 0 fully saturated rings. The minimum absolute atomic E-state index is 0.474. The van der Waals surface area contributed by atoms with Crippen molar-refractivity contribution in [2.45, 2.75) is 13.3 Å². The first kappa shape index (κ1) is 13.1. The first-order valence-corrected chi connectivity index (χ1v) is 6.11. The molecule has 0 saturated carbocycles. The molecule has 0 amide bonds. The van der Waals surface area contributed by atoms with Crippen molar-refractivity contribution in [3.63, 3.8) is 0 Å². The third kappa shape index (κ3) is 3.13. The summed E-state index contributed by atoms with van der Waals surface area (Å²) in [6.07, 6.45) is 2.40. The van der Waals surface area contributed by atoms with E-state index in [9.17, 15) is 0 Å². The van der Waals surface area contributed by atoms with Gasteiger partial charge in [-0.3, -0.25) is 0 Å². The van der Waals surface area contributed by atoms with Crippen LogP contribution in [0.15, 0.2) is 30.6 Å². The average Bonchev–Trinajstić information content (AvgIpc) is 2.48. The number of hydrogen-bond donors (Lipinski definition) is 1. The van der Waals surface area contributed by atoms with Crippen LogP contribution >= 0.6 is 0 Å². The summed E-state index contributed by atoms with van der Waals surface area (Å²) in [4.78, 5) is 8.11. The second-order valence-corrected chi connectivity index (χ2v) is 3.93. The maximum atomic E-state index is 5.73. The molecule has 2 rings (SSSR count). The molecular weight excluding hydrogens is 242 g/mol. The lowest BCUT2D eigenvalue weighted by atomic mass is 10.1. The first-order chi connectivity index (χ1) is 9.26. The fourth-order valence-corrected chi connectivity index (χ4v) is 1.66. The molecule has 1 aromatic heterocycles. The van der Waals surface area contributed by atoms with Crippen molar-refractivity contribution in [2.24, 2.45) is 0 Å². The first-order valence-electron chi connectivity index (χ1n) is 6.11. The molecule has 0 aliphatic carbocycles. The van der Waals surface area contributed by atoms with E-state index in [1.807, 2.05) is 18.2 Å². The molecule has 1 aromatic carbocycles. The van der Waals surface area contributed by atoms with Crippen molar-refractivity contribution in [1.29, 1.82) is 0 Å². The summed E-state index contributed by atoms with van der Waals surface area (Å²) >= 11 is 0. The smallest absolute Gasteiger partial charge is 0.224 e. The van der Waals surface area contributed by atoms with Gasteiger partial charge in [-0.25, -0.2) is 9.97 Å². The van der Waals surface area contributed by atoms with E-state index < -0.39 is 0 Å². The zero-order valence-electron chi connectivity index (χ0n) is 11.3. The normalized spacial score (nSPS) is 10.1. The molecule has 5 nitrogen and oxygen atoms in total. The Morgan fingerprint density at radius 1 is 1.16 bits per heavy atom. The van der Waals surface area contributed by atoms with E-state index in [0.717, 1.165) is 6.42 Å². The number of hydrogen-bond acceptors (Lipinski definition) is 5. The SMILES string of the molecule is CCc1ccc(Oc2cc(NC)ncn2)c(OC)c1. The van der Waals surface area contributed by atoms with E-state index in [0.29, 0.717) is 23.2 Å². The quantitative estimate of drug-likeness (QED) is 0.894. The van der Waals surface area contributed by atoms with Crippen LogP contribution in [0, 0.1) is 0 Å². The van der Waals surface area contributed by atoms with Crippen LogP contribution in [0.5, 0.6) is 17.4 Å². The van der Waals surface area contributed by atoms with Gasteiger partial charge in [0.2, 0.25) is 5.88 Å². The van der Waals surface area contributed by atoms with Crippen LogP contribution in [0.3, 0.4) is 0 Å². The molecule has 0 atom stereocenters. The van der Waals surface area contributed by atoms with Gasteiger partial charge in [0, 0.05) is 13.1 Å². The Labute approximate surface area is 112 Å². The third-order valence-corrected chi connectivity index (χ3v) is 2.75. The Kier molecular flexibility index (Phi) is 4.18. The van der Waals surface area contributed by atoms with Gasteiger partial charge < -0.3 is 14.8 Å². The Bertz CT molecular complexity index is 558. The molecule has 0 spiro atoms. The van der Waals surface area contributed by atoms with Crippen LogP contribution in [0.2, 0.25) is 0 Å². The number of ether oxygens (including phenoxy) is 2. The van der Waals surface area contributed by atoms with Gasteiger partial charge in [-0.1, -0.05) is 13.0 Å². The molecule has 0 aliphatic heterocycles. The number of aromatic nitrogens is 2. The highest BCUT2D eigenvalue weighted by Crippen LogP contribution is 2.31. The Balaban J connectivity index is 2.26. The number of benzene rings is 1. The highest BCUT2D eigenvalue weighted by molar-refractivity contribution is 5.46. The summed E-state index contributed by atoms with van der Waals surface area (Å²) in [5.74, 6) is 2.51. The maximum absolute atomic E-state index is 5.73. The van der Waals surface area contributed by atoms with Crippen LogP contribution in [0.4, 0.5) is 5.82 Å². The fourth-order valence-electron chi connectivity index (χ4n) is 1.66. The molecule has 1 N–H and O–H groups in total. The number of anilines is 1. The lowest BCUT2D eigenvalue weighted by Gasteiger charge is -2.11. The third-order valence-electron chi connectivity index (χ3n) is 2.75. The Morgan fingerprint density at radius 2 is 2.00 bits per heavy atom. The summed E-state index contributed by atoms with van der Waals surface area (Å²) in [5.41, 5.74) is 1.20. The molecule has 1 heterocycles.